The van der Waals surface area contributed by atoms with Crippen molar-refractivity contribution in [2.75, 3.05) is 13.7 Å². The molecule has 2 aromatic carbocycles. The number of esters is 2. The summed E-state index contributed by atoms with van der Waals surface area (Å²) < 4.78 is 37.7. The van der Waals surface area contributed by atoms with E-state index in [-0.39, 0.29) is 25.0 Å². The van der Waals surface area contributed by atoms with E-state index in [1.165, 1.54) is 6.92 Å². The Morgan fingerprint density at radius 3 is 2.25 bits per heavy atom. The van der Waals surface area contributed by atoms with E-state index in [0.717, 1.165) is 0 Å². The summed E-state index contributed by atoms with van der Waals surface area (Å²) in [5.41, 5.74) is -3.96. The van der Waals surface area contributed by atoms with Crippen LogP contribution in [-0.2, 0) is 28.5 Å². The summed E-state index contributed by atoms with van der Waals surface area (Å²) in [5, 5.41) is 37.2. The first-order chi connectivity index (χ1) is 22.7. The lowest BCUT2D eigenvalue weighted by molar-refractivity contribution is -0.413. The van der Waals surface area contributed by atoms with Crippen LogP contribution in [0.5, 0.6) is 5.75 Å². The summed E-state index contributed by atoms with van der Waals surface area (Å²) in [4.78, 5) is 26.9. The van der Waals surface area contributed by atoms with Gasteiger partial charge in [0.2, 0.25) is 0 Å². The lowest BCUT2D eigenvalue weighted by Gasteiger charge is -2.71. The van der Waals surface area contributed by atoms with Crippen LogP contribution in [0.3, 0.4) is 0 Å². The number of carbonyl (C=O) groups excluding carboxylic acids is 2. The van der Waals surface area contributed by atoms with E-state index in [1.807, 2.05) is 19.1 Å². The molecule has 2 aliphatic heterocycles. The van der Waals surface area contributed by atoms with Crippen LogP contribution in [0, 0.1) is 16.7 Å². The van der Waals surface area contributed by atoms with Gasteiger partial charge in [-0.2, -0.15) is 0 Å². The monoisotopic (exact) mass is 664 g/mol. The zero-order chi connectivity index (χ0) is 34.4. The molecular formula is C37H44O11. The number of hydrogen-bond donors (Lipinski definition) is 3. The van der Waals surface area contributed by atoms with E-state index in [2.05, 4.69) is 0 Å². The van der Waals surface area contributed by atoms with Gasteiger partial charge in [-0.1, -0.05) is 51.1 Å². The molecule has 0 amide bonds. The molecule has 5 aliphatic rings. The van der Waals surface area contributed by atoms with Crippen molar-refractivity contribution in [3.05, 3.63) is 76.9 Å². The largest absolute Gasteiger partial charge is 0.497 e. The third-order valence-electron chi connectivity index (χ3n) is 12.1. The van der Waals surface area contributed by atoms with Crippen LogP contribution in [0.15, 0.2) is 65.7 Å². The Labute approximate surface area is 279 Å². The van der Waals surface area contributed by atoms with Gasteiger partial charge >= 0.3 is 11.9 Å². The number of aliphatic hydroxyl groups excluding tert-OH is 2. The van der Waals surface area contributed by atoms with Crippen LogP contribution in [-0.4, -0.2) is 88.8 Å². The van der Waals surface area contributed by atoms with Gasteiger partial charge in [-0.15, -0.1) is 0 Å². The molecule has 0 radical (unpaired) electrons. The van der Waals surface area contributed by atoms with Crippen molar-refractivity contribution >= 4 is 11.9 Å². The Kier molecular flexibility index (Phi) is 7.86. The molecule has 0 aromatic heterocycles. The molecular weight excluding hydrogens is 620 g/mol. The fraction of sp³-hybridized carbons (Fsp3) is 0.568. The van der Waals surface area contributed by atoms with Crippen LogP contribution >= 0.6 is 0 Å². The van der Waals surface area contributed by atoms with Gasteiger partial charge in [-0.05, 0) is 42.3 Å². The second kappa shape index (κ2) is 11.4. The highest BCUT2D eigenvalue weighted by Gasteiger charge is 2.79. The number of benzene rings is 2. The lowest BCUT2D eigenvalue weighted by atomic mass is 9.44. The molecule has 2 saturated carbocycles. The van der Waals surface area contributed by atoms with E-state index >= 15 is 0 Å². The summed E-state index contributed by atoms with van der Waals surface area (Å²) in [6, 6.07) is 15.7. The topological polar surface area (TPSA) is 150 Å². The van der Waals surface area contributed by atoms with Crippen LogP contribution in [0.4, 0.5) is 0 Å². The average molecular weight is 665 g/mol. The molecule has 1 unspecified atom stereocenters. The molecule has 258 valence electrons. The number of ether oxygens (including phenoxy) is 6. The molecule has 11 atom stereocenters. The zero-order valence-corrected chi connectivity index (χ0v) is 28.0. The van der Waals surface area contributed by atoms with Crippen LogP contribution in [0.25, 0.3) is 0 Å². The summed E-state index contributed by atoms with van der Waals surface area (Å²) in [6.07, 6.45) is -7.11. The predicted octanol–water partition coefficient (Wildman–Crippen LogP) is 3.64. The molecule has 0 spiro atoms. The Morgan fingerprint density at radius 1 is 0.958 bits per heavy atom. The van der Waals surface area contributed by atoms with Crippen molar-refractivity contribution in [1.82, 2.24) is 0 Å². The van der Waals surface area contributed by atoms with Gasteiger partial charge < -0.3 is 43.7 Å². The first-order valence-electron chi connectivity index (χ1n) is 16.5. The Morgan fingerprint density at radius 2 is 1.65 bits per heavy atom. The first kappa shape index (κ1) is 33.2. The number of aliphatic hydroxyl groups is 3. The van der Waals surface area contributed by atoms with Gasteiger partial charge in [0.1, 0.15) is 29.7 Å². The molecule has 2 heterocycles. The smallest absolute Gasteiger partial charge is 0.338 e. The number of hydrogen-bond acceptors (Lipinski definition) is 11. The lowest BCUT2D eigenvalue weighted by Crippen LogP contribution is -2.83. The molecule has 4 fully saturated rings. The SMILES string of the molecule is COc1ccc(C2O[C@H]3C[C@H]4OC[C@@]4(OC(C)=O)[C@H]4[C@H](OC(=O)c5ccccc5)[C@]5(O)C[C@H](O)C(C)=C([C@@H](O)[C@H](O2)[C@]34C)C5(C)C)cc1. The number of fused-ring (bicyclic) bond motifs is 4. The molecule has 2 aromatic rings. The molecule has 7 rings (SSSR count). The van der Waals surface area contributed by atoms with Crippen LogP contribution in [0.2, 0.25) is 0 Å². The highest BCUT2D eigenvalue weighted by atomic mass is 16.7. The predicted molar refractivity (Wildman–Crippen MR) is 170 cm³/mol. The third-order valence-corrected chi connectivity index (χ3v) is 12.1. The minimum Gasteiger partial charge on any atom is -0.497 e. The van der Waals surface area contributed by atoms with E-state index in [9.17, 15) is 24.9 Å². The van der Waals surface area contributed by atoms with Crippen molar-refractivity contribution in [1.29, 1.82) is 0 Å². The van der Waals surface area contributed by atoms with Gasteiger partial charge in [0.05, 0.1) is 43.5 Å². The highest BCUT2D eigenvalue weighted by Crippen LogP contribution is 2.67. The van der Waals surface area contributed by atoms with Crippen LogP contribution in [0.1, 0.15) is 69.7 Å². The van der Waals surface area contributed by atoms with Gasteiger partial charge in [-0.25, -0.2) is 4.79 Å². The standard InChI is InChI=1S/C37H44O11/c1-19-24(39)17-37(42)31(46-32(41)21-10-8-7-9-11-21)29-35(5)25(16-26-36(29,18-44-26)48-20(2)38)45-33(22-12-14-23(43-6)15-13-22)47-30(35)28(40)27(19)34(37,3)4/h7-15,24-26,28-31,33,39-40,42H,16-18H2,1-6H3/t24-,25-,26+,28+,29-,30-,31-,33?,35+,36-,37+/m0/s1. The fourth-order valence-electron chi connectivity index (χ4n) is 9.50. The molecule has 11 nitrogen and oxygen atoms in total. The number of rotatable bonds is 5. The summed E-state index contributed by atoms with van der Waals surface area (Å²) in [5.74, 6) is -1.62. The van der Waals surface area contributed by atoms with Gasteiger partial charge in [0, 0.05) is 36.2 Å². The highest BCUT2D eigenvalue weighted by molar-refractivity contribution is 5.89. The molecule has 3 aliphatic carbocycles. The maximum absolute atomic E-state index is 14.0. The van der Waals surface area contributed by atoms with Crippen molar-refractivity contribution in [3.8, 4) is 5.75 Å². The van der Waals surface area contributed by atoms with Gasteiger partial charge in [0.15, 0.2) is 11.9 Å². The van der Waals surface area contributed by atoms with Crippen molar-refractivity contribution in [2.45, 2.75) is 102 Å². The Bertz CT molecular complexity index is 1620. The second-order valence-electron chi connectivity index (χ2n) is 14.7. The quantitative estimate of drug-likeness (QED) is 0.318. The maximum atomic E-state index is 14.0. The van der Waals surface area contributed by atoms with Gasteiger partial charge in [-0.3, -0.25) is 4.79 Å². The molecule has 48 heavy (non-hydrogen) atoms. The third kappa shape index (κ3) is 4.55. The second-order valence-corrected chi connectivity index (χ2v) is 14.7. The maximum Gasteiger partial charge on any atom is 0.338 e. The normalized spacial score (nSPS) is 41.0. The van der Waals surface area contributed by atoms with Gasteiger partial charge in [0.25, 0.3) is 0 Å². The summed E-state index contributed by atoms with van der Waals surface area (Å²) in [6.45, 7) is 8.45. The van der Waals surface area contributed by atoms with E-state index in [4.69, 9.17) is 28.4 Å². The number of methoxy groups -OCH3 is 1. The Hall–Kier alpha value is -3.32. The van der Waals surface area contributed by atoms with Crippen LogP contribution < -0.4 is 4.74 Å². The molecule has 3 N–H and O–H groups in total. The van der Waals surface area contributed by atoms with Crippen molar-refractivity contribution in [3.63, 3.8) is 0 Å². The van der Waals surface area contributed by atoms with E-state index < -0.39 is 82.8 Å². The van der Waals surface area contributed by atoms with Crippen molar-refractivity contribution in [2.24, 2.45) is 16.7 Å². The van der Waals surface area contributed by atoms with E-state index in [1.54, 1.807) is 70.3 Å². The summed E-state index contributed by atoms with van der Waals surface area (Å²) >= 11 is 0. The molecule has 2 saturated heterocycles. The average Bonchev–Trinajstić information content (AvgIpc) is 3.04. The summed E-state index contributed by atoms with van der Waals surface area (Å²) in [7, 11) is 1.58. The zero-order valence-electron chi connectivity index (χ0n) is 28.0. The molecule has 11 heteroatoms. The fourth-order valence-corrected chi connectivity index (χ4v) is 9.50. The molecule has 2 bridgehead atoms. The first-order valence-corrected chi connectivity index (χ1v) is 16.5. The number of carbonyl (C=O) groups is 2. The van der Waals surface area contributed by atoms with Crippen molar-refractivity contribution < 1.29 is 53.3 Å². The minimum absolute atomic E-state index is 0.0326. The minimum atomic E-state index is -1.95. The Balaban J connectivity index is 1.47. The van der Waals surface area contributed by atoms with E-state index in [0.29, 0.717) is 22.5 Å².